The molecule has 0 aliphatic carbocycles. The maximum absolute atomic E-state index is 12.3. The predicted molar refractivity (Wildman–Crippen MR) is 73.3 cm³/mol. The van der Waals surface area contributed by atoms with Gasteiger partial charge in [0.1, 0.15) is 0 Å². The lowest BCUT2D eigenvalue weighted by molar-refractivity contribution is -0.122. The molecule has 0 radical (unpaired) electrons. The van der Waals surface area contributed by atoms with Crippen molar-refractivity contribution < 1.29 is 4.79 Å². The zero-order valence-corrected chi connectivity index (χ0v) is 12.2. The molecule has 2 N–H and O–H groups in total. The van der Waals surface area contributed by atoms with Crippen LogP contribution >= 0.6 is 27.3 Å². The third kappa shape index (κ3) is 2.86. The summed E-state index contributed by atoms with van der Waals surface area (Å²) >= 11 is 4.78. The summed E-state index contributed by atoms with van der Waals surface area (Å²) in [7, 11) is 0. The topological polar surface area (TPSA) is 54.0 Å². The van der Waals surface area contributed by atoms with Gasteiger partial charge >= 0.3 is 0 Å². The zero-order valence-electron chi connectivity index (χ0n) is 9.75. The van der Waals surface area contributed by atoms with Crippen LogP contribution in [0.5, 0.6) is 0 Å². The van der Waals surface area contributed by atoms with Crippen LogP contribution in [0.2, 0.25) is 0 Å². The molecule has 1 aromatic rings. The number of aromatic nitrogens is 1. The van der Waals surface area contributed by atoms with Gasteiger partial charge in [0.15, 0.2) is 5.13 Å². The Morgan fingerprint density at radius 3 is 3.12 bits per heavy atom. The summed E-state index contributed by atoms with van der Waals surface area (Å²) in [5.41, 5.74) is -0.382. The Morgan fingerprint density at radius 1 is 1.76 bits per heavy atom. The highest BCUT2D eigenvalue weighted by Crippen LogP contribution is 2.28. The molecule has 17 heavy (non-hydrogen) atoms. The molecule has 1 saturated heterocycles. The number of halogens is 1. The molecule has 2 heterocycles. The van der Waals surface area contributed by atoms with Crippen LogP contribution in [-0.4, -0.2) is 23.0 Å². The van der Waals surface area contributed by atoms with Crippen LogP contribution in [0.1, 0.15) is 32.6 Å². The standard InChI is InChI=1S/C11H16BrN3OS/c1-2-4-11(5-3-6-14-11)9(16)15-10-13-7-8(12)17-10/h7,14H,2-6H2,1H3,(H,13,15,16). The van der Waals surface area contributed by atoms with Crippen molar-refractivity contribution in [3.05, 3.63) is 9.98 Å². The average molecular weight is 318 g/mol. The van der Waals surface area contributed by atoms with Crippen LogP contribution in [0.4, 0.5) is 5.13 Å². The molecule has 1 fully saturated rings. The van der Waals surface area contributed by atoms with E-state index in [1.807, 2.05) is 0 Å². The van der Waals surface area contributed by atoms with Gasteiger partial charge in [-0.2, -0.15) is 0 Å². The van der Waals surface area contributed by atoms with Gasteiger partial charge in [-0.1, -0.05) is 24.7 Å². The van der Waals surface area contributed by atoms with Gasteiger partial charge in [0.25, 0.3) is 0 Å². The van der Waals surface area contributed by atoms with E-state index in [1.165, 1.54) is 11.3 Å². The van der Waals surface area contributed by atoms with E-state index in [-0.39, 0.29) is 11.4 Å². The largest absolute Gasteiger partial charge is 0.303 e. The molecule has 1 aliphatic heterocycles. The van der Waals surface area contributed by atoms with Crippen molar-refractivity contribution in [2.45, 2.75) is 38.1 Å². The van der Waals surface area contributed by atoms with Gasteiger partial charge in [-0.05, 0) is 41.7 Å². The number of hydrogen-bond donors (Lipinski definition) is 2. The fourth-order valence-corrected chi connectivity index (χ4v) is 3.38. The fourth-order valence-electron chi connectivity index (χ4n) is 2.28. The van der Waals surface area contributed by atoms with Crippen molar-refractivity contribution in [3.63, 3.8) is 0 Å². The number of hydrogen-bond acceptors (Lipinski definition) is 4. The smallest absolute Gasteiger partial charge is 0.246 e. The van der Waals surface area contributed by atoms with Crippen LogP contribution in [0, 0.1) is 0 Å². The summed E-state index contributed by atoms with van der Waals surface area (Å²) in [5, 5.41) is 6.92. The second kappa shape index (κ2) is 5.46. The van der Waals surface area contributed by atoms with E-state index >= 15 is 0 Å². The first kappa shape index (κ1) is 13.0. The minimum absolute atomic E-state index is 0.0544. The number of anilines is 1. The van der Waals surface area contributed by atoms with Crippen LogP contribution in [0.15, 0.2) is 9.98 Å². The monoisotopic (exact) mass is 317 g/mol. The van der Waals surface area contributed by atoms with Gasteiger partial charge in [-0.25, -0.2) is 4.98 Å². The molecule has 94 valence electrons. The van der Waals surface area contributed by atoms with Crippen LogP contribution in [-0.2, 0) is 4.79 Å². The van der Waals surface area contributed by atoms with E-state index in [0.29, 0.717) is 5.13 Å². The van der Waals surface area contributed by atoms with E-state index < -0.39 is 0 Å². The highest BCUT2D eigenvalue weighted by molar-refractivity contribution is 9.11. The lowest BCUT2D eigenvalue weighted by atomic mass is 9.91. The van der Waals surface area contributed by atoms with Crippen molar-refractivity contribution >= 4 is 38.3 Å². The van der Waals surface area contributed by atoms with E-state index in [2.05, 4.69) is 38.5 Å². The second-order valence-corrected chi connectivity index (χ2v) is 6.70. The zero-order chi connectivity index (χ0) is 12.3. The second-order valence-electron chi connectivity index (χ2n) is 4.29. The molecule has 1 atom stereocenters. The third-order valence-corrected chi connectivity index (χ3v) is 4.44. The van der Waals surface area contributed by atoms with Gasteiger partial charge < -0.3 is 10.6 Å². The maximum atomic E-state index is 12.3. The number of carbonyl (C=O) groups is 1. The minimum atomic E-state index is -0.382. The summed E-state index contributed by atoms with van der Waals surface area (Å²) in [6, 6.07) is 0. The SMILES string of the molecule is CCCC1(C(=O)Nc2ncc(Br)s2)CCCN1. The van der Waals surface area contributed by atoms with Crippen molar-refractivity contribution in [3.8, 4) is 0 Å². The molecular formula is C11H16BrN3OS. The Balaban J connectivity index is 2.06. The summed E-state index contributed by atoms with van der Waals surface area (Å²) in [6.45, 7) is 3.03. The lowest BCUT2D eigenvalue weighted by Crippen LogP contribution is -2.50. The number of thiazole rings is 1. The minimum Gasteiger partial charge on any atom is -0.303 e. The molecule has 0 aromatic carbocycles. The molecule has 4 nitrogen and oxygen atoms in total. The Bertz CT molecular complexity index is 401. The average Bonchev–Trinajstić information content (AvgIpc) is 2.89. The summed E-state index contributed by atoms with van der Waals surface area (Å²) < 4.78 is 0.928. The number of rotatable bonds is 4. The van der Waals surface area contributed by atoms with Gasteiger partial charge in [0, 0.05) is 0 Å². The highest BCUT2D eigenvalue weighted by atomic mass is 79.9. The normalized spacial score (nSPS) is 23.9. The van der Waals surface area contributed by atoms with Crippen LogP contribution in [0.25, 0.3) is 0 Å². The predicted octanol–water partition coefficient (Wildman–Crippen LogP) is 2.77. The van der Waals surface area contributed by atoms with Crippen LogP contribution in [0.3, 0.4) is 0 Å². The summed E-state index contributed by atoms with van der Waals surface area (Å²) in [6.07, 6.45) is 5.57. The van der Waals surface area contributed by atoms with Crippen molar-refractivity contribution in [1.82, 2.24) is 10.3 Å². The Labute approximate surface area is 113 Å². The van der Waals surface area contributed by atoms with Gasteiger partial charge in [-0.15, -0.1) is 0 Å². The van der Waals surface area contributed by atoms with Gasteiger partial charge in [0.05, 0.1) is 15.5 Å². The Morgan fingerprint density at radius 2 is 2.59 bits per heavy atom. The number of nitrogens with one attached hydrogen (secondary N) is 2. The number of amides is 1. The molecular weight excluding hydrogens is 302 g/mol. The third-order valence-electron chi connectivity index (χ3n) is 3.05. The van der Waals surface area contributed by atoms with Crippen molar-refractivity contribution in [1.29, 1.82) is 0 Å². The molecule has 0 saturated carbocycles. The Kier molecular flexibility index (Phi) is 4.17. The van der Waals surface area contributed by atoms with Crippen molar-refractivity contribution in [2.75, 3.05) is 11.9 Å². The quantitative estimate of drug-likeness (QED) is 0.897. The molecule has 0 spiro atoms. The van der Waals surface area contributed by atoms with E-state index in [0.717, 1.165) is 36.0 Å². The first-order valence-electron chi connectivity index (χ1n) is 5.84. The van der Waals surface area contributed by atoms with E-state index in [4.69, 9.17) is 0 Å². The van der Waals surface area contributed by atoms with Crippen molar-refractivity contribution in [2.24, 2.45) is 0 Å². The number of nitrogens with zero attached hydrogens (tertiary/aromatic N) is 1. The molecule has 0 bridgehead atoms. The molecule has 2 rings (SSSR count). The van der Waals surface area contributed by atoms with E-state index in [1.54, 1.807) is 6.20 Å². The Hall–Kier alpha value is -0.460. The fraction of sp³-hybridized carbons (Fsp3) is 0.636. The van der Waals surface area contributed by atoms with Crippen LogP contribution < -0.4 is 10.6 Å². The highest BCUT2D eigenvalue weighted by Gasteiger charge is 2.40. The van der Waals surface area contributed by atoms with E-state index in [9.17, 15) is 4.79 Å². The lowest BCUT2D eigenvalue weighted by Gasteiger charge is -2.27. The molecule has 1 aliphatic rings. The first-order chi connectivity index (χ1) is 8.16. The van der Waals surface area contributed by atoms with Gasteiger partial charge in [0.2, 0.25) is 5.91 Å². The summed E-state index contributed by atoms with van der Waals surface area (Å²) in [5.74, 6) is 0.0544. The molecule has 1 unspecified atom stereocenters. The molecule has 1 amide bonds. The first-order valence-corrected chi connectivity index (χ1v) is 7.45. The molecule has 6 heteroatoms. The summed E-state index contributed by atoms with van der Waals surface area (Å²) in [4.78, 5) is 16.4. The number of carbonyl (C=O) groups excluding carboxylic acids is 1. The maximum Gasteiger partial charge on any atom is 0.246 e. The van der Waals surface area contributed by atoms with Gasteiger partial charge in [-0.3, -0.25) is 4.79 Å². The molecule has 1 aromatic heterocycles.